The number of aromatic nitrogens is 4. The molecule has 226 valence electrons. The number of rotatable bonds is 4. The van der Waals surface area contributed by atoms with Crippen molar-refractivity contribution in [2.24, 2.45) is 0 Å². The summed E-state index contributed by atoms with van der Waals surface area (Å²) in [5.41, 5.74) is 6.20. The molecule has 2 unspecified atom stereocenters. The van der Waals surface area contributed by atoms with Crippen molar-refractivity contribution in [2.45, 2.75) is 103 Å². The van der Waals surface area contributed by atoms with Gasteiger partial charge in [-0.05, 0) is 109 Å². The van der Waals surface area contributed by atoms with Crippen LogP contribution in [0.1, 0.15) is 107 Å². The number of ether oxygens (including phenoxy) is 1. The average molecular weight is 618 g/mol. The summed E-state index contributed by atoms with van der Waals surface area (Å²) >= 11 is 8.15. The molecule has 7 nitrogen and oxygen atoms in total. The van der Waals surface area contributed by atoms with Gasteiger partial charge in [-0.25, -0.2) is 4.68 Å². The Morgan fingerprint density at radius 3 is 2.56 bits per heavy atom. The number of fused-ring (bicyclic) bond motifs is 1. The normalized spacial score (nSPS) is 23.0. The van der Waals surface area contributed by atoms with Crippen LogP contribution in [0.3, 0.4) is 0 Å². The molecular formula is C34H40ClN5O2S. The summed E-state index contributed by atoms with van der Waals surface area (Å²) in [4.78, 5) is 17.4. The van der Waals surface area contributed by atoms with Crippen LogP contribution in [0.5, 0.6) is 5.75 Å². The molecule has 1 amide bonds. The number of halogens is 1. The topological polar surface area (TPSA) is 65.2 Å². The largest absolute Gasteiger partial charge is 0.487 e. The molecule has 1 spiro atoms. The Morgan fingerprint density at radius 2 is 1.84 bits per heavy atom. The summed E-state index contributed by atoms with van der Waals surface area (Å²) in [5.74, 6) is 1.31. The Labute approximate surface area is 262 Å². The van der Waals surface area contributed by atoms with Crippen molar-refractivity contribution in [3.05, 3.63) is 80.2 Å². The SMILES string of the molecule is Cc1sc(-n2c(C)ccc2C)c(C(=O)N2CCC(c3cn([C@@H]4CC5(CCCC5)Oc5ccc(Cl)cc54)nn3)CC2C)c1C. The fourth-order valence-corrected chi connectivity index (χ4v) is 9.14. The highest BCUT2D eigenvalue weighted by molar-refractivity contribution is 7.15. The van der Waals surface area contributed by atoms with E-state index in [0.29, 0.717) is 11.6 Å². The van der Waals surface area contributed by atoms with Gasteiger partial charge in [-0.3, -0.25) is 4.79 Å². The molecule has 7 rings (SSSR count). The molecule has 1 saturated carbocycles. The number of carbonyl (C=O) groups excluding carboxylic acids is 1. The van der Waals surface area contributed by atoms with Gasteiger partial charge in [-0.15, -0.1) is 16.4 Å². The molecule has 2 fully saturated rings. The highest BCUT2D eigenvalue weighted by Crippen LogP contribution is 2.49. The number of hydrogen-bond donors (Lipinski definition) is 0. The maximum atomic E-state index is 14.2. The number of likely N-dealkylation sites (tertiary alicyclic amines) is 1. The van der Waals surface area contributed by atoms with Crippen molar-refractivity contribution in [3.63, 3.8) is 0 Å². The van der Waals surface area contributed by atoms with E-state index in [1.165, 1.54) is 17.7 Å². The molecule has 0 N–H and O–H groups in total. The van der Waals surface area contributed by atoms with Crippen LogP contribution < -0.4 is 4.74 Å². The summed E-state index contributed by atoms with van der Waals surface area (Å²) in [6, 6.07) is 10.3. The van der Waals surface area contributed by atoms with Gasteiger partial charge in [0.25, 0.3) is 5.91 Å². The lowest BCUT2D eigenvalue weighted by atomic mass is 9.85. The van der Waals surface area contributed by atoms with Crippen molar-refractivity contribution < 1.29 is 9.53 Å². The zero-order valence-corrected chi connectivity index (χ0v) is 27.3. The number of amides is 1. The van der Waals surface area contributed by atoms with Crippen LogP contribution in [-0.4, -0.2) is 48.6 Å². The standard InChI is InChI=1S/C34H40ClN5O2S/c1-20-8-9-21(2)40(20)33-31(23(4)24(5)43-33)32(41)38-15-12-25(16-22(38)3)28-19-39(37-36-28)29-18-34(13-6-7-14-34)42-30-11-10-26(35)17-27(29)30/h8-11,17,19,22,25,29H,6-7,12-16,18H2,1-5H3/t22?,25?,29-/m1/s1. The molecule has 4 aromatic rings. The number of piperidine rings is 1. The third kappa shape index (κ3) is 4.91. The molecule has 43 heavy (non-hydrogen) atoms. The minimum atomic E-state index is -0.132. The zero-order chi connectivity index (χ0) is 30.0. The van der Waals surface area contributed by atoms with Crippen LogP contribution in [0.4, 0.5) is 0 Å². The summed E-state index contributed by atoms with van der Waals surface area (Å²) in [7, 11) is 0. The van der Waals surface area contributed by atoms with Gasteiger partial charge >= 0.3 is 0 Å². The van der Waals surface area contributed by atoms with Gasteiger partial charge in [0.1, 0.15) is 16.4 Å². The Balaban J connectivity index is 1.12. The van der Waals surface area contributed by atoms with Gasteiger partial charge in [0.2, 0.25) is 0 Å². The molecule has 3 atom stereocenters. The molecular weight excluding hydrogens is 578 g/mol. The van der Waals surface area contributed by atoms with Crippen LogP contribution in [0.25, 0.3) is 5.00 Å². The lowest BCUT2D eigenvalue weighted by Gasteiger charge is -2.40. The van der Waals surface area contributed by atoms with E-state index in [-0.39, 0.29) is 29.5 Å². The lowest BCUT2D eigenvalue weighted by Crippen LogP contribution is -2.44. The molecule has 0 bridgehead atoms. The minimum absolute atomic E-state index is 0.0460. The first-order valence-corrected chi connectivity index (χ1v) is 16.8. The number of nitrogens with zero attached hydrogens (tertiary/aromatic N) is 5. The number of thiophene rings is 1. The Morgan fingerprint density at radius 1 is 1.09 bits per heavy atom. The summed E-state index contributed by atoms with van der Waals surface area (Å²) in [5, 5.41) is 11.1. The molecule has 1 aromatic carbocycles. The van der Waals surface area contributed by atoms with Crippen molar-refractivity contribution in [3.8, 4) is 10.8 Å². The third-order valence-corrected chi connectivity index (χ3v) is 11.6. The first-order chi connectivity index (χ1) is 20.6. The first kappa shape index (κ1) is 28.7. The van der Waals surface area contributed by atoms with Crippen LogP contribution in [-0.2, 0) is 0 Å². The molecule has 1 aliphatic carbocycles. The van der Waals surface area contributed by atoms with E-state index in [0.717, 1.165) is 76.6 Å². The highest BCUT2D eigenvalue weighted by Gasteiger charge is 2.44. The lowest BCUT2D eigenvalue weighted by molar-refractivity contribution is 0.0354. The van der Waals surface area contributed by atoms with Gasteiger partial charge < -0.3 is 14.2 Å². The molecule has 1 saturated heterocycles. The van der Waals surface area contributed by atoms with Gasteiger partial charge in [-0.2, -0.15) is 0 Å². The second-order valence-electron chi connectivity index (χ2n) is 13.0. The maximum absolute atomic E-state index is 14.2. The number of carbonyl (C=O) groups is 1. The smallest absolute Gasteiger partial charge is 0.257 e. The van der Waals surface area contributed by atoms with Gasteiger partial charge in [-0.1, -0.05) is 16.8 Å². The van der Waals surface area contributed by atoms with E-state index in [1.54, 1.807) is 11.3 Å². The summed E-state index contributed by atoms with van der Waals surface area (Å²) < 4.78 is 10.9. The molecule has 0 radical (unpaired) electrons. The Kier molecular flexibility index (Phi) is 7.20. The molecule has 9 heteroatoms. The monoisotopic (exact) mass is 617 g/mol. The fraction of sp³-hybridized carbons (Fsp3) is 0.500. The van der Waals surface area contributed by atoms with Crippen LogP contribution in [0.2, 0.25) is 5.02 Å². The van der Waals surface area contributed by atoms with E-state index in [4.69, 9.17) is 21.4 Å². The van der Waals surface area contributed by atoms with Crippen LogP contribution in [0, 0.1) is 27.7 Å². The van der Waals surface area contributed by atoms with Gasteiger partial charge in [0, 0.05) is 58.0 Å². The van der Waals surface area contributed by atoms with E-state index in [9.17, 15) is 4.79 Å². The highest BCUT2D eigenvalue weighted by atomic mass is 35.5. The summed E-state index contributed by atoms with van der Waals surface area (Å²) in [6.07, 6.45) is 9.30. The fourth-order valence-electron chi connectivity index (χ4n) is 7.69. The maximum Gasteiger partial charge on any atom is 0.257 e. The quantitative estimate of drug-likeness (QED) is 0.232. The van der Waals surface area contributed by atoms with Crippen molar-refractivity contribution in [2.75, 3.05) is 6.54 Å². The number of hydrogen-bond acceptors (Lipinski definition) is 5. The Bertz CT molecular complexity index is 1680. The second kappa shape index (κ2) is 10.8. The van der Waals surface area contributed by atoms with Crippen LogP contribution >= 0.6 is 22.9 Å². The van der Waals surface area contributed by atoms with Gasteiger partial charge in [0.15, 0.2) is 0 Å². The predicted octanol–water partition coefficient (Wildman–Crippen LogP) is 8.11. The zero-order valence-electron chi connectivity index (χ0n) is 25.7. The average Bonchev–Trinajstić information content (AvgIpc) is 3.77. The molecule has 3 aromatic heterocycles. The van der Waals surface area contributed by atoms with Crippen molar-refractivity contribution in [1.29, 1.82) is 0 Å². The van der Waals surface area contributed by atoms with E-state index >= 15 is 0 Å². The van der Waals surface area contributed by atoms with Crippen molar-refractivity contribution in [1.82, 2.24) is 24.5 Å². The number of benzene rings is 1. The Hall–Kier alpha value is -3.10. The third-order valence-electron chi connectivity index (χ3n) is 10.2. The predicted molar refractivity (Wildman–Crippen MR) is 171 cm³/mol. The van der Waals surface area contributed by atoms with E-state index < -0.39 is 0 Å². The van der Waals surface area contributed by atoms with E-state index in [1.807, 2.05) is 22.9 Å². The summed E-state index contributed by atoms with van der Waals surface area (Å²) in [6.45, 7) is 11.3. The first-order valence-electron chi connectivity index (χ1n) is 15.6. The van der Waals surface area contributed by atoms with Crippen LogP contribution in [0.15, 0.2) is 36.5 Å². The molecule has 3 aliphatic rings. The molecule has 2 aliphatic heterocycles. The van der Waals surface area contributed by atoms with Crippen molar-refractivity contribution >= 4 is 28.8 Å². The number of aryl methyl sites for hydroxylation is 3. The molecule has 5 heterocycles. The van der Waals surface area contributed by atoms with Gasteiger partial charge in [0.05, 0.1) is 17.3 Å². The second-order valence-corrected chi connectivity index (χ2v) is 14.6. The minimum Gasteiger partial charge on any atom is -0.487 e. The van der Waals surface area contributed by atoms with E-state index in [2.05, 4.69) is 67.6 Å².